The third-order valence-electron chi connectivity index (χ3n) is 3.47. The molecule has 1 aliphatic rings. The van der Waals surface area contributed by atoms with Gasteiger partial charge < -0.3 is 10.2 Å². The van der Waals surface area contributed by atoms with Crippen LogP contribution >= 0.6 is 11.6 Å². The van der Waals surface area contributed by atoms with Crippen LogP contribution in [-0.4, -0.2) is 24.2 Å². The summed E-state index contributed by atoms with van der Waals surface area (Å²) in [5.74, 6) is 0.193. The number of amides is 2. The number of nitrogens with zero attached hydrogens (tertiary/aromatic N) is 1. The molecule has 0 atom stereocenters. The predicted molar refractivity (Wildman–Crippen MR) is 81.2 cm³/mol. The summed E-state index contributed by atoms with van der Waals surface area (Å²) in [6.45, 7) is 4.28. The van der Waals surface area contributed by atoms with E-state index in [2.05, 4.69) is 5.32 Å². The summed E-state index contributed by atoms with van der Waals surface area (Å²) < 4.78 is 0. The van der Waals surface area contributed by atoms with Gasteiger partial charge in [-0.25, -0.2) is 0 Å². The zero-order valence-electron chi connectivity index (χ0n) is 11.8. The van der Waals surface area contributed by atoms with E-state index in [1.807, 2.05) is 24.3 Å². The second kappa shape index (κ2) is 5.83. The van der Waals surface area contributed by atoms with Crippen LogP contribution in [0.1, 0.15) is 26.7 Å². The quantitative estimate of drug-likeness (QED) is 0.868. The average Bonchev–Trinajstić information content (AvgIpc) is 2.85. The fourth-order valence-electron chi connectivity index (χ4n) is 2.07. The van der Waals surface area contributed by atoms with Gasteiger partial charge in [0, 0.05) is 18.8 Å². The van der Waals surface area contributed by atoms with Gasteiger partial charge in [0.1, 0.15) is 0 Å². The minimum absolute atomic E-state index is 0.100. The molecule has 0 unspecified atom stereocenters. The summed E-state index contributed by atoms with van der Waals surface area (Å²) >= 11 is 5.82. The van der Waals surface area contributed by atoms with Crippen molar-refractivity contribution in [3.05, 3.63) is 24.3 Å². The van der Waals surface area contributed by atoms with Crippen LogP contribution in [0.15, 0.2) is 24.3 Å². The van der Waals surface area contributed by atoms with Crippen LogP contribution in [0, 0.1) is 5.41 Å². The molecule has 1 fully saturated rings. The van der Waals surface area contributed by atoms with E-state index in [-0.39, 0.29) is 17.7 Å². The molecule has 0 aromatic heterocycles. The van der Waals surface area contributed by atoms with Crippen molar-refractivity contribution in [3.63, 3.8) is 0 Å². The number of hydrogen-bond donors (Lipinski definition) is 1. The molecule has 0 spiro atoms. The summed E-state index contributed by atoms with van der Waals surface area (Å²) in [6.07, 6.45) is 1.42. The third-order valence-corrected chi connectivity index (χ3v) is 4.13. The predicted octanol–water partition coefficient (Wildman–Crippen LogP) is 3.02. The molecule has 1 aliphatic heterocycles. The first-order valence-electron chi connectivity index (χ1n) is 6.72. The highest BCUT2D eigenvalue weighted by Crippen LogP contribution is 2.30. The largest absolute Gasteiger partial charge is 0.324 e. The fraction of sp³-hybridized carbons (Fsp3) is 0.467. The van der Waals surface area contributed by atoms with E-state index >= 15 is 0 Å². The second-order valence-electron chi connectivity index (χ2n) is 5.64. The molecule has 20 heavy (non-hydrogen) atoms. The van der Waals surface area contributed by atoms with Gasteiger partial charge in [0.2, 0.25) is 11.8 Å². The first-order valence-corrected chi connectivity index (χ1v) is 7.26. The summed E-state index contributed by atoms with van der Waals surface area (Å²) in [4.78, 5) is 25.8. The Morgan fingerprint density at radius 3 is 2.70 bits per heavy atom. The molecule has 0 saturated carbocycles. The number of carbonyl (C=O) groups excluding carboxylic acids is 2. The van der Waals surface area contributed by atoms with Crippen LogP contribution in [0.3, 0.4) is 0 Å². The molecule has 1 saturated heterocycles. The first kappa shape index (κ1) is 14.9. The maximum absolute atomic E-state index is 12.2. The Kier molecular flexibility index (Phi) is 4.33. The van der Waals surface area contributed by atoms with Gasteiger partial charge in [0.25, 0.3) is 0 Å². The number of nitrogens with one attached hydrogen (secondary N) is 1. The van der Waals surface area contributed by atoms with Crippen LogP contribution in [0.5, 0.6) is 0 Å². The van der Waals surface area contributed by atoms with Gasteiger partial charge in [0.05, 0.1) is 16.8 Å². The maximum atomic E-state index is 12.2. The van der Waals surface area contributed by atoms with Crippen molar-refractivity contribution in [2.45, 2.75) is 26.7 Å². The van der Waals surface area contributed by atoms with Crippen molar-refractivity contribution in [3.8, 4) is 0 Å². The third kappa shape index (κ3) is 2.96. The lowest BCUT2D eigenvalue weighted by atomic mass is 9.95. The number of para-hydroxylation sites is 2. The fourth-order valence-corrected chi connectivity index (χ4v) is 2.19. The molecule has 0 radical (unpaired) electrons. The Labute approximate surface area is 124 Å². The van der Waals surface area contributed by atoms with Crippen molar-refractivity contribution >= 4 is 34.8 Å². The number of carbonyl (C=O) groups is 2. The second-order valence-corrected chi connectivity index (χ2v) is 5.90. The Bertz CT molecular complexity index is 528. The van der Waals surface area contributed by atoms with E-state index in [1.165, 1.54) is 0 Å². The lowest BCUT2D eigenvalue weighted by molar-refractivity contribution is -0.123. The van der Waals surface area contributed by atoms with Gasteiger partial charge in [-0.3, -0.25) is 9.59 Å². The van der Waals surface area contributed by atoms with Crippen molar-refractivity contribution in [2.24, 2.45) is 5.41 Å². The molecule has 1 N–H and O–H groups in total. The van der Waals surface area contributed by atoms with Gasteiger partial charge >= 0.3 is 0 Å². The molecule has 0 bridgehead atoms. The standard InChI is InChI=1S/C15H19ClN2O2/c1-15(2,10-16)14(20)17-11-6-3-4-7-12(11)18-9-5-8-13(18)19/h3-4,6-7H,5,8-10H2,1-2H3,(H,17,20). The van der Waals surface area contributed by atoms with E-state index in [1.54, 1.807) is 18.7 Å². The van der Waals surface area contributed by atoms with E-state index in [0.29, 0.717) is 18.7 Å². The number of alkyl halides is 1. The van der Waals surface area contributed by atoms with Crippen LogP contribution in [0.25, 0.3) is 0 Å². The molecule has 2 rings (SSSR count). The molecule has 2 amide bonds. The van der Waals surface area contributed by atoms with Gasteiger partial charge in [0.15, 0.2) is 0 Å². The molecule has 108 valence electrons. The van der Waals surface area contributed by atoms with E-state index in [4.69, 9.17) is 11.6 Å². The molecule has 1 aromatic carbocycles. The number of benzene rings is 1. The van der Waals surface area contributed by atoms with Gasteiger partial charge in [-0.15, -0.1) is 11.6 Å². The van der Waals surface area contributed by atoms with E-state index in [0.717, 1.165) is 12.1 Å². The molecule has 1 aromatic rings. The van der Waals surface area contributed by atoms with E-state index < -0.39 is 5.41 Å². The molecule has 0 aliphatic carbocycles. The highest BCUT2D eigenvalue weighted by molar-refractivity contribution is 6.20. The summed E-state index contributed by atoms with van der Waals surface area (Å²) in [6, 6.07) is 7.37. The summed E-state index contributed by atoms with van der Waals surface area (Å²) in [5, 5.41) is 2.88. The number of halogens is 1. The van der Waals surface area contributed by atoms with Gasteiger partial charge in [-0.1, -0.05) is 12.1 Å². The van der Waals surface area contributed by atoms with Crippen LogP contribution in [0.4, 0.5) is 11.4 Å². The molecular formula is C15H19ClN2O2. The number of rotatable bonds is 4. The Hall–Kier alpha value is -1.55. The number of anilines is 2. The van der Waals surface area contributed by atoms with E-state index in [9.17, 15) is 9.59 Å². The van der Waals surface area contributed by atoms with Crippen LogP contribution < -0.4 is 10.2 Å². The molecular weight excluding hydrogens is 276 g/mol. The minimum atomic E-state index is -0.649. The monoisotopic (exact) mass is 294 g/mol. The van der Waals surface area contributed by atoms with Crippen molar-refractivity contribution < 1.29 is 9.59 Å². The molecule has 4 nitrogen and oxygen atoms in total. The molecule has 1 heterocycles. The SMILES string of the molecule is CC(C)(CCl)C(=O)Nc1ccccc1N1CCCC1=O. The van der Waals surface area contributed by atoms with Crippen molar-refractivity contribution in [1.82, 2.24) is 0 Å². The lowest BCUT2D eigenvalue weighted by Gasteiger charge is -2.24. The Balaban J connectivity index is 2.25. The highest BCUT2D eigenvalue weighted by Gasteiger charge is 2.29. The van der Waals surface area contributed by atoms with Crippen molar-refractivity contribution in [1.29, 1.82) is 0 Å². The Morgan fingerprint density at radius 2 is 2.10 bits per heavy atom. The highest BCUT2D eigenvalue weighted by atomic mass is 35.5. The minimum Gasteiger partial charge on any atom is -0.324 e. The zero-order valence-corrected chi connectivity index (χ0v) is 12.5. The summed E-state index contributed by atoms with van der Waals surface area (Å²) in [5.41, 5.74) is 0.767. The topological polar surface area (TPSA) is 49.4 Å². The normalized spacial score (nSPS) is 15.6. The lowest BCUT2D eigenvalue weighted by Crippen LogP contribution is -2.33. The van der Waals surface area contributed by atoms with Crippen LogP contribution in [0.2, 0.25) is 0 Å². The van der Waals surface area contributed by atoms with Crippen molar-refractivity contribution in [2.75, 3.05) is 22.6 Å². The Morgan fingerprint density at radius 1 is 1.40 bits per heavy atom. The molecule has 5 heteroatoms. The van der Waals surface area contributed by atoms with Crippen LogP contribution in [-0.2, 0) is 9.59 Å². The average molecular weight is 295 g/mol. The number of hydrogen-bond acceptors (Lipinski definition) is 2. The smallest absolute Gasteiger partial charge is 0.231 e. The zero-order chi connectivity index (χ0) is 14.8. The van der Waals surface area contributed by atoms with Gasteiger partial charge in [-0.05, 0) is 32.4 Å². The van der Waals surface area contributed by atoms with Gasteiger partial charge in [-0.2, -0.15) is 0 Å². The summed E-state index contributed by atoms with van der Waals surface area (Å²) in [7, 11) is 0. The maximum Gasteiger partial charge on any atom is 0.231 e. The first-order chi connectivity index (χ1) is 9.45.